The van der Waals surface area contributed by atoms with Gasteiger partial charge in [0.1, 0.15) is 10.8 Å². The van der Waals surface area contributed by atoms with Gasteiger partial charge in [0.15, 0.2) is 0 Å². The van der Waals surface area contributed by atoms with Crippen LogP contribution in [0.1, 0.15) is 18.5 Å². The molecular formula is C22H20N4O3S. The van der Waals surface area contributed by atoms with E-state index < -0.39 is 0 Å². The fourth-order valence-corrected chi connectivity index (χ4v) is 3.84. The van der Waals surface area contributed by atoms with Gasteiger partial charge in [0.25, 0.3) is 0 Å². The van der Waals surface area contributed by atoms with E-state index in [1.807, 2.05) is 60.8 Å². The van der Waals surface area contributed by atoms with Crippen LogP contribution in [0, 0.1) is 6.92 Å². The van der Waals surface area contributed by atoms with Gasteiger partial charge in [-0.15, -0.1) is 11.3 Å². The minimum atomic E-state index is -0.169. The third-order valence-corrected chi connectivity index (χ3v) is 5.20. The van der Waals surface area contributed by atoms with E-state index >= 15 is 0 Å². The smallest absolute Gasteiger partial charge is 0.230 e. The molecule has 0 radical (unpaired) electrons. The van der Waals surface area contributed by atoms with Gasteiger partial charge in [-0.25, -0.2) is 4.98 Å². The zero-order valence-electron chi connectivity index (χ0n) is 16.6. The first-order chi connectivity index (χ1) is 14.6. The predicted octanol–water partition coefficient (Wildman–Crippen LogP) is 4.75. The average molecular weight is 420 g/mol. The minimum Gasteiger partial charge on any atom is -0.493 e. The highest BCUT2D eigenvalue weighted by atomic mass is 32.1. The number of ether oxygens (including phenoxy) is 1. The Bertz CT molecular complexity index is 1170. The Morgan fingerprint density at radius 2 is 1.87 bits per heavy atom. The number of anilines is 1. The number of nitrogens with zero attached hydrogens (tertiary/aromatic N) is 3. The number of rotatable bonds is 7. The fourth-order valence-electron chi connectivity index (χ4n) is 2.99. The van der Waals surface area contributed by atoms with Crippen molar-refractivity contribution < 1.29 is 14.1 Å². The summed E-state index contributed by atoms with van der Waals surface area (Å²) in [4.78, 5) is 21.5. The van der Waals surface area contributed by atoms with Gasteiger partial charge >= 0.3 is 0 Å². The summed E-state index contributed by atoms with van der Waals surface area (Å²) < 4.78 is 10.7. The molecule has 0 spiro atoms. The molecule has 1 N–H and O–H groups in total. The van der Waals surface area contributed by atoms with Crippen LogP contribution in [0.4, 0.5) is 5.69 Å². The Balaban J connectivity index is 1.49. The molecule has 8 heteroatoms. The molecular weight excluding hydrogens is 400 g/mol. The molecule has 0 unspecified atom stereocenters. The summed E-state index contributed by atoms with van der Waals surface area (Å²) >= 11 is 1.49. The molecule has 0 saturated heterocycles. The number of aryl methyl sites for hydroxylation is 1. The second-order valence-corrected chi connectivity index (χ2v) is 7.34. The number of benzene rings is 2. The van der Waals surface area contributed by atoms with E-state index in [0.29, 0.717) is 35.3 Å². The summed E-state index contributed by atoms with van der Waals surface area (Å²) in [5.74, 6) is 1.52. The van der Waals surface area contributed by atoms with Gasteiger partial charge in [-0.3, -0.25) is 4.79 Å². The highest BCUT2D eigenvalue weighted by Crippen LogP contribution is 2.32. The quantitative estimate of drug-likeness (QED) is 0.464. The third-order valence-electron chi connectivity index (χ3n) is 4.28. The number of hydrogen-bond donors (Lipinski definition) is 1. The first-order valence-corrected chi connectivity index (χ1v) is 10.4. The SMILES string of the molecule is CCOc1ccccc1-c1nc(CC(=O)Nc2ccccc2-c2noc(C)n2)cs1. The molecule has 0 fully saturated rings. The van der Waals surface area contributed by atoms with Crippen molar-refractivity contribution in [2.75, 3.05) is 11.9 Å². The number of nitrogens with one attached hydrogen (secondary N) is 1. The summed E-state index contributed by atoms with van der Waals surface area (Å²) in [6, 6.07) is 15.1. The van der Waals surface area contributed by atoms with Crippen LogP contribution in [0.15, 0.2) is 58.4 Å². The predicted molar refractivity (Wildman–Crippen MR) is 116 cm³/mol. The monoisotopic (exact) mass is 420 g/mol. The number of carbonyl (C=O) groups is 1. The van der Waals surface area contributed by atoms with Gasteiger partial charge in [0.05, 0.1) is 30.0 Å². The molecule has 1 amide bonds. The van der Waals surface area contributed by atoms with Crippen LogP contribution in [0.25, 0.3) is 22.0 Å². The number of hydrogen-bond acceptors (Lipinski definition) is 7. The Labute approximate surface area is 177 Å². The lowest BCUT2D eigenvalue weighted by Crippen LogP contribution is -2.15. The Kier molecular flexibility index (Phi) is 5.85. The summed E-state index contributed by atoms with van der Waals surface area (Å²) in [7, 11) is 0. The lowest BCUT2D eigenvalue weighted by Gasteiger charge is -2.08. The number of thiazole rings is 1. The zero-order valence-corrected chi connectivity index (χ0v) is 17.4. The van der Waals surface area contributed by atoms with E-state index in [2.05, 4.69) is 20.4 Å². The number of aromatic nitrogens is 3. The molecule has 0 atom stereocenters. The van der Waals surface area contributed by atoms with E-state index in [1.54, 1.807) is 6.92 Å². The molecule has 0 bridgehead atoms. The largest absolute Gasteiger partial charge is 0.493 e. The maximum absolute atomic E-state index is 12.7. The molecule has 30 heavy (non-hydrogen) atoms. The third kappa shape index (κ3) is 4.38. The van der Waals surface area contributed by atoms with Crippen LogP contribution < -0.4 is 10.1 Å². The van der Waals surface area contributed by atoms with Crippen LogP contribution >= 0.6 is 11.3 Å². The average Bonchev–Trinajstić information content (AvgIpc) is 3.38. The van der Waals surface area contributed by atoms with Crippen LogP contribution in [0.2, 0.25) is 0 Å². The van der Waals surface area contributed by atoms with Crippen LogP contribution in [0.5, 0.6) is 5.75 Å². The summed E-state index contributed by atoms with van der Waals surface area (Å²) in [6.45, 7) is 4.25. The van der Waals surface area contributed by atoms with E-state index in [0.717, 1.165) is 16.3 Å². The van der Waals surface area contributed by atoms with Crippen LogP contribution in [0.3, 0.4) is 0 Å². The number of amides is 1. The molecule has 152 valence electrons. The first-order valence-electron chi connectivity index (χ1n) is 9.50. The highest BCUT2D eigenvalue weighted by Gasteiger charge is 2.15. The number of carbonyl (C=O) groups excluding carboxylic acids is 1. The summed E-state index contributed by atoms with van der Waals surface area (Å²) in [6.07, 6.45) is 0.160. The van der Waals surface area contributed by atoms with Crippen molar-refractivity contribution >= 4 is 22.9 Å². The summed E-state index contributed by atoms with van der Waals surface area (Å²) in [5, 5.41) is 9.58. The molecule has 4 aromatic rings. The van der Waals surface area contributed by atoms with Crippen LogP contribution in [-0.4, -0.2) is 27.6 Å². The van der Waals surface area contributed by atoms with Crippen LogP contribution in [-0.2, 0) is 11.2 Å². The highest BCUT2D eigenvalue weighted by molar-refractivity contribution is 7.13. The standard InChI is InChI=1S/C22H20N4O3S/c1-3-28-19-11-7-5-9-17(19)22-24-15(13-30-22)12-20(27)25-18-10-6-4-8-16(18)21-23-14(2)29-26-21/h4-11,13H,3,12H2,1-2H3,(H,25,27). The summed E-state index contributed by atoms with van der Waals surface area (Å²) in [5.41, 5.74) is 2.95. The first kappa shape index (κ1) is 19.8. The van der Waals surface area contributed by atoms with Crippen molar-refractivity contribution in [1.82, 2.24) is 15.1 Å². The zero-order chi connectivity index (χ0) is 20.9. The van der Waals surface area contributed by atoms with E-state index in [9.17, 15) is 4.79 Å². The second kappa shape index (κ2) is 8.87. The maximum Gasteiger partial charge on any atom is 0.230 e. The lowest BCUT2D eigenvalue weighted by atomic mass is 10.1. The van der Waals surface area contributed by atoms with Gasteiger partial charge < -0.3 is 14.6 Å². The molecule has 7 nitrogen and oxygen atoms in total. The molecule has 2 aromatic heterocycles. The molecule has 0 saturated carbocycles. The van der Waals surface area contributed by atoms with Crippen molar-refractivity contribution in [1.29, 1.82) is 0 Å². The molecule has 2 heterocycles. The van der Waals surface area contributed by atoms with Gasteiger partial charge in [-0.2, -0.15) is 4.98 Å². The Hall–Kier alpha value is -3.52. The molecule has 0 aliphatic heterocycles. The van der Waals surface area contributed by atoms with Gasteiger partial charge in [-0.1, -0.05) is 29.4 Å². The second-order valence-electron chi connectivity index (χ2n) is 6.48. The van der Waals surface area contributed by atoms with Crippen molar-refractivity contribution in [2.24, 2.45) is 0 Å². The van der Waals surface area contributed by atoms with Crippen molar-refractivity contribution in [2.45, 2.75) is 20.3 Å². The van der Waals surface area contributed by atoms with Gasteiger partial charge in [0.2, 0.25) is 17.6 Å². The maximum atomic E-state index is 12.7. The minimum absolute atomic E-state index is 0.160. The molecule has 4 rings (SSSR count). The van der Waals surface area contributed by atoms with E-state index in [4.69, 9.17) is 9.26 Å². The van der Waals surface area contributed by atoms with E-state index in [-0.39, 0.29) is 12.3 Å². The normalized spacial score (nSPS) is 10.7. The Morgan fingerprint density at radius 1 is 1.10 bits per heavy atom. The van der Waals surface area contributed by atoms with Crippen molar-refractivity contribution in [3.63, 3.8) is 0 Å². The number of para-hydroxylation sites is 2. The molecule has 0 aliphatic carbocycles. The topological polar surface area (TPSA) is 90.1 Å². The lowest BCUT2D eigenvalue weighted by molar-refractivity contribution is -0.115. The van der Waals surface area contributed by atoms with Gasteiger partial charge in [-0.05, 0) is 31.2 Å². The van der Waals surface area contributed by atoms with E-state index in [1.165, 1.54) is 11.3 Å². The molecule has 0 aliphatic rings. The van der Waals surface area contributed by atoms with Gasteiger partial charge in [0, 0.05) is 17.9 Å². The van der Waals surface area contributed by atoms with Crippen molar-refractivity contribution in [3.05, 3.63) is 65.5 Å². The fraction of sp³-hybridized carbons (Fsp3) is 0.182. The Morgan fingerprint density at radius 3 is 2.63 bits per heavy atom. The van der Waals surface area contributed by atoms with Crippen molar-refractivity contribution in [3.8, 4) is 27.7 Å². The molecule has 2 aromatic carbocycles.